The van der Waals surface area contributed by atoms with Gasteiger partial charge in [0.25, 0.3) is 5.91 Å². The molecular formula is C16H23Cl2N3O2. The van der Waals surface area contributed by atoms with Crippen molar-refractivity contribution in [3.05, 3.63) is 28.8 Å². The molecule has 2 atom stereocenters. The molecule has 4 N–H and O–H groups in total. The fourth-order valence-electron chi connectivity index (χ4n) is 2.85. The zero-order valence-corrected chi connectivity index (χ0v) is 14.7. The summed E-state index contributed by atoms with van der Waals surface area (Å²) in [6.45, 7) is 0. The van der Waals surface area contributed by atoms with Crippen LogP contribution in [0.4, 0.5) is 5.69 Å². The Bertz CT molecular complexity index is 566. The topological polar surface area (TPSA) is 84.2 Å². The summed E-state index contributed by atoms with van der Waals surface area (Å²) in [5.41, 5.74) is 6.98. The molecule has 5 nitrogen and oxygen atoms in total. The minimum atomic E-state index is -0.282. The average Bonchev–Trinajstić information content (AvgIpc) is 2.50. The van der Waals surface area contributed by atoms with Gasteiger partial charge in [0.05, 0.1) is 10.6 Å². The number of nitrogens with one attached hydrogen (secondary N) is 2. The summed E-state index contributed by atoms with van der Waals surface area (Å²) in [7, 11) is 1.54. The first kappa shape index (κ1) is 19.7. The highest BCUT2D eigenvalue weighted by Crippen LogP contribution is 2.26. The highest BCUT2D eigenvalue weighted by atomic mass is 35.5. The molecule has 1 aromatic carbocycles. The lowest BCUT2D eigenvalue weighted by atomic mass is 9.83. The van der Waals surface area contributed by atoms with Gasteiger partial charge in [-0.15, -0.1) is 12.4 Å². The predicted molar refractivity (Wildman–Crippen MR) is 95.3 cm³/mol. The van der Waals surface area contributed by atoms with Crippen molar-refractivity contribution in [1.29, 1.82) is 0 Å². The lowest BCUT2D eigenvalue weighted by molar-refractivity contribution is -0.117. The summed E-state index contributed by atoms with van der Waals surface area (Å²) >= 11 is 5.99. The van der Waals surface area contributed by atoms with E-state index in [1.165, 1.54) is 7.05 Å². The second-order valence-electron chi connectivity index (χ2n) is 5.73. The molecule has 0 spiro atoms. The predicted octanol–water partition coefficient (Wildman–Crippen LogP) is 2.97. The monoisotopic (exact) mass is 359 g/mol. The fourth-order valence-corrected chi connectivity index (χ4v) is 3.06. The van der Waals surface area contributed by atoms with E-state index in [1.54, 1.807) is 18.2 Å². The Labute approximate surface area is 147 Å². The van der Waals surface area contributed by atoms with E-state index in [1.807, 2.05) is 0 Å². The Morgan fingerprint density at radius 1 is 1.30 bits per heavy atom. The number of carbonyl (C=O) groups is 2. The first-order valence-corrected chi connectivity index (χ1v) is 7.96. The third kappa shape index (κ3) is 5.37. The van der Waals surface area contributed by atoms with Crippen LogP contribution in [0.2, 0.25) is 5.02 Å². The Morgan fingerprint density at radius 3 is 2.65 bits per heavy atom. The zero-order chi connectivity index (χ0) is 16.1. The SMILES string of the molecule is CNC(=O)c1cc(NC(=O)CC2CCCCC2N)ccc1Cl.Cl. The van der Waals surface area contributed by atoms with Crippen LogP contribution in [0.3, 0.4) is 0 Å². The Kier molecular flexibility index (Phi) is 7.82. The lowest BCUT2D eigenvalue weighted by Gasteiger charge is -2.27. The second-order valence-corrected chi connectivity index (χ2v) is 6.14. The molecular weight excluding hydrogens is 337 g/mol. The molecule has 2 rings (SSSR count). The molecule has 0 aliphatic heterocycles. The van der Waals surface area contributed by atoms with Crippen LogP contribution in [0.5, 0.6) is 0 Å². The van der Waals surface area contributed by atoms with Gasteiger partial charge in [0.2, 0.25) is 5.91 Å². The van der Waals surface area contributed by atoms with Gasteiger partial charge in [0, 0.05) is 25.2 Å². The molecule has 1 aromatic rings. The Hall–Kier alpha value is -1.30. The molecule has 2 amide bonds. The molecule has 23 heavy (non-hydrogen) atoms. The van der Waals surface area contributed by atoms with Gasteiger partial charge in [-0.05, 0) is 37.0 Å². The number of benzene rings is 1. The van der Waals surface area contributed by atoms with Crippen molar-refractivity contribution in [2.24, 2.45) is 11.7 Å². The van der Waals surface area contributed by atoms with Crippen molar-refractivity contribution >= 4 is 41.5 Å². The molecule has 0 bridgehead atoms. The van der Waals surface area contributed by atoms with E-state index in [9.17, 15) is 9.59 Å². The van der Waals surface area contributed by atoms with E-state index < -0.39 is 0 Å². The van der Waals surface area contributed by atoms with Gasteiger partial charge in [0.1, 0.15) is 0 Å². The van der Waals surface area contributed by atoms with Gasteiger partial charge in [0.15, 0.2) is 0 Å². The average molecular weight is 360 g/mol. The molecule has 7 heteroatoms. The lowest BCUT2D eigenvalue weighted by Crippen LogP contribution is -2.35. The van der Waals surface area contributed by atoms with Crippen molar-refractivity contribution in [3.8, 4) is 0 Å². The number of halogens is 2. The van der Waals surface area contributed by atoms with Gasteiger partial charge in [-0.3, -0.25) is 9.59 Å². The van der Waals surface area contributed by atoms with E-state index >= 15 is 0 Å². The van der Waals surface area contributed by atoms with E-state index in [-0.39, 0.29) is 36.2 Å². The maximum Gasteiger partial charge on any atom is 0.252 e. The van der Waals surface area contributed by atoms with Crippen LogP contribution in [-0.2, 0) is 4.79 Å². The highest BCUT2D eigenvalue weighted by Gasteiger charge is 2.24. The maximum absolute atomic E-state index is 12.2. The number of rotatable bonds is 4. The number of hydrogen-bond donors (Lipinski definition) is 3. The first-order valence-electron chi connectivity index (χ1n) is 7.58. The summed E-state index contributed by atoms with van der Waals surface area (Å²) in [6, 6.07) is 4.98. The second kappa shape index (κ2) is 9.11. The normalized spacial score (nSPS) is 20.3. The van der Waals surface area contributed by atoms with Crippen LogP contribution in [0, 0.1) is 5.92 Å². The first-order chi connectivity index (χ1) is 10.5. The van der Waals surface area contributed by atoms with E-state index in [4.69, 9.17) is 17.3 Å². The number of hydrogen-bond acceptors (Lipinski definition) is 3. The van der Waals surface area contributed by atoms with E-state index in [2.05, 4.69) is 10.6 Å². The van der Waals surface area contributed by atoms with Crippen molar-refractivity contribution in [2.75, 3.05) is 12.4 Å². The van der Waals surface area contributed by atoms with Crippen molar-refractivity contribution in [3.63, 3.8) is 0 Å². The van der Waals surface area contributed by atoms with Crippen LogP contribution in [0.15, 0.2) is 18.2 Å². The molecule has 0 saturated heterocycles. The molecule has 0 aromatic heterocycles. The number of amides is 2. The van der Waals surface area contributed by atoms with Crippen molar-refractivity contribution in [1.82, 2.24) is 5.32 Å². The summed E-state index contributed by atoms with van der Waals surface area (Å²) in [5, 5.41) is 5.70. The largest absolute Gasteiger partial charge is 0.355 e. The standard InChI is InChI=1S/C16H22ClN3O2.ClH/c1-19-16(22)12-9-11(6-7-13(12)17)20-15(21)8-10-4-2-3-5-14(10)18;/h6-7,9-10,14H,2-5,8,18H2,1H3,(H,19,22)(H,20,21);1H. The van der Waals surface area contributed by atoms with E-state index in [0.29, 0.717) is 22.7 Å². The van der Waals surface area contributed by atoms with Crippen LogP contribution >= 0.6 is 24.0 Å². The smallest absolute Gasteiger partial charge is 0.252 e. The van der Waals surface area contributed by atoms with Gasteiger partial charge in [-0.2, -0.15) is 0 Å². The van der Waals surface area contributed by atoms with Crippen LogP contribution in [0.25, 0.3) is 0 Å². The van der Waals surface area contributed by atoms with Crippen molar-refractivity contribution < 1.29 is 9.59 Å². The fraction of sp³-hybridized carbons (Fsp3) is 0.500. The van der Waals surface area contributed by atoms with Gasteiger partial charge >= 0.3 is 0 Å². The highest BCUT2D eigenvalue weighted by molar-refractivity contribution is 6.34. The number of carbonyl (C=O) groups excluding carboxylic acids is 2. The molecule has 1 aliphatic carbocycles. The minimum Gasteiger partial charge on any atom is -0.355 e. The van der Waals surface area contributed by atoms with E-state index in [0.717, 1.165) is 25.7 Å². The molecule has 128 valence electrons. The molecule has 1 saturated carbocycles. The summed E-state index contributed by atoms with van der Waals surface area (Å²) in [5.74, 6) is -0.123. The van der Waals surface area contributed by atoms with Gasteiger partial charge < -0.3 is 16.4 Å². The van der Waals surface area contributed by atoms with Crippen LogP contribution in [-0.4, -0.2) is 24.9 Å². The maximum atomic E-state index is 12.2. The number of nitrogens with two attached hydrogens (primary N) is 1. The quantitative estimate of drug-likeness (QED) is 0.772. The summed E-state index contributed by atoms with van der Waals surface area (Å²) in [4.78, 5) is 23.9. The molecule has 1 fully saturated rings. The summed E-state index contributed by atoms with van der Waals surface area (Å²) in [6.07, 6.45) is 4.68. The van der Waals surface area contributed by atoms with Gasteiger partial charge in [-0.25, -0.2) is 0 Å². The summed E-state index contributed by atoms with van der Waals surface area (Å²) < 4.78 is 0. The van der Waals surface area contributed by atoms with Crippen molar-refractivity contribution in [2.45, 2.75) is 38.1 Å². The zero-order valence-electron chi connectivity index (χ0n) is 13.1. The molecule has 0 heterocycles. The van der Waals surface area contributed by atoms with Crippen LogP contribution < -0.4 is 16.4 Å². The molecule has 0 radical (unpaired) electrons. The molecule has 2 unspecified atom stereocenters. The van der Waals surface area contributed by atoms with Gasteiger partial charge in [-0.1, -0.05) is 24.4 Å². The third-order valence-corrected chi connectivity index (χ3v) is 4.47. The number of anilines is 1. The Morgan fingerprint density at radius 2 is 2.00 bits per heavy atom. The third-order valence-electron chi connectivity index (χ3n) is 4.14. The molecule has 1 aliphatic rings. The minimum absolute atomic E-state index is 0. The Balaban J connectivity index is 0.00000264. The van der Waals surface area contributed by atoms with Crippen LogP contribution in [0.1, 0.15) is 42.5 Å².